The molecule has 2 rings (SSSR count). The molecule has 0 radical (unpaired) electrons. The molecule has 4 N–H and O–H groups in total. The summed E-state index contributed by atoms with van der Waals surface area (Å²) < 4.78 is 0. The van der Waals surface area contributed by atoms with E-state index in [9.17, 15) is 0 Å². The van der Waals surface area contributed by atoms with E-state index in [1.54, 1.807) is 0 Å². The number of hydrogen-bond acceptors (Lipinski definition) is 3. The van der Waals surface area contributed by atoms with Gasteiger partial charge in [-0.1, -0.05) is 12.1 Å². The average molecular weight is 205 g/mol. The van der Waals surface area contributed by atoms with Crippen molar-refractivity contribution < 1.29 is 0 Å². The molecule has 1 aliphatic rings. The Morgan fingerprint density at radius 1 is 1.27 bits per heavy atom. The molecule has 3 nitrogen and oxygen atoms in total. The third-order valence-corrected chi connectivity index (χ3v) is 3.23. The van der Waals surface area contributed by atoms with Crippen molar-refractivity contribution in [3.05, 3.63) is 29.8 Å². The van der Waals surface area contributed by atoms with Gasteiger partial charge in [-0.3, -0.25) is 4.90 Å². The van der Waals surface area contributed by atoms with E-state index in [0.29, 0.717) is 12.1 Å². The predicted molar refractivity (Wildman–Crippen MR) is 63.4 cm³/mol. The number of likely N-dealkylation sites (tertiary alicyclic amines) is 1. The number of nitrogens with two attached hydrogens (primary N) is 2. The second-order valence-corrected chi connectivity index (χ2v) is 4.45. The molecule has 0 aliphatic carbocycles. The molecule has 0 bridgehead atoms. The SMILES string of the molecule is CN1CCC(N)CC1c1ccc(N)cc1. The van der Waals surface area contributed by atoms with Gasteiger partial charge in [0.05, 0.1) is 0 Å². The number of anilines is 1. The molecule has 1 heterocycles. The first kappa shape index (κ1) is 10.5. The minimum atomic E-state index is 0.337. The molecule has 1 aliphatic heterocycles. The molecule has 15 heavy (non-hydrogen) atoms. The first-order valence-corrected chi connectivity index (χ1v) is 5.48. The fourth-order valence-corrected chi connectivity index (χ4v) is 2.22. The molecular formula is C12H19N3. The lowest BCUT2D eigenvalue weighted by Gasteiger charge is -2.36. The largest absolute Gasteiger partial charge is 0.399 e. The topological polar surface area (TPSA) is 55.3 Å². The molecule has 0 amide bonds. The van der Waals surface area contributed by atoms with E-state index >= 15 is 0 Å². The minimum absolute atomic E-state index is 0.337. The van der Waals surface area contributed by atoms with Crippen molar-refractivity contribution in [2.75, 3.05) is 19.3 Å². The van der Waals surface area contributed by atoms with Crippen LogP contribution in [0.4, 0.5) is 5.69 Å². The summed E-state index contributed by atoms with van der Waals surface area (Å²) in [6.07, 6.45) is 2.14. The van der Waals surface area contributed by atoms with E-state index in [0.717, 1.165) is 25.1 Å². The lowest BCUT2D eigenvalue weighted by atomic mass is 9.93. The van der Waals surface area contributed by atoms with Gasteiger partial charge in [-0.2, -0.15) is 0 Å². The second-order valence-electron chi connectivity index (χ2n) is 4.45. The molecule has 0 saturated carbocycles. The molecule has 1 saturated heterocycles. The molecule has 1 aromatic rings. The Balaban J connectivity index is 2.17. The number of nitrogens with zero attached hydrogens (tertiary/aromatic N) is 1. The third kappa shape index (κ3) is 2.30. The number of piperidine rings is 1. The highest BCUT2D eigenvalue weighted by Crippen LogP contribution is 2.29. The summed E-state index contributed by atoms with van der Waals surface area (Å²) in [6.45, 7) is 1.08. The van der Waals surface area contributed by atoms with E-state index in [4.69, 9.17) is 11.5 Å². The monoisotopic (exact) mass is 205 g/mol. The van der Waals surface area contributed by atoms with Gasteiger partial charge in [-0.25, -0.2) is 0 Å². The van der Waals surface area contributed by atoms with Crippen molar-refractivity contribution in [1.82, 2.24) is 4.90 Å². The van der Waals surface area contributed by atoms with Crippen molar-refractivity contribution >= 4 is 5.69 Å². The summed E-state index contributed by atoms with van der Waals surface area (Å²) in [6, 6.07) is 8.92. The Hall–Kier alpha value is -1.06. The van der Waals surface area contributed by atoms with Gasteiger partial charge in [-0.05, 0) is 44.1 Å². The average Bonchev–Trinajstić information content (AvgIpc) is 2.23. The maximum absolute atomic E-state index is 6.00. The zero-order chi connectivity index (χ0) is 10.8. The minimum Gasteiger partial charge on any atom is -0.399 e. The summed E-state index contributed by atoms with van der Waals surface area (Å²) >= 11 is 0. The maximum Gasteiger partial charge on any atom is 0.0359 e. The van der Waals surface area contributed by atoms with Crippen LogP contribution in [-0.2, 0) is 0 Å². The third-order valence-electron chi connectivity index (χ3n) is 3.23. The maximum atomic E-state index is 6.00. The van der Waals surface area contributed by atoms with Crippen LogP contribution in [-0.4, -0.2) is 24.5 Å². The molecule has 0 aromatic heterocycles. The van der Waals surface area contributed by atoms with E-state index in [2.05, 4.69) is 24.1 Å². The Morgan fingerprint density at radius 3 is 2.60 bits per heavy atom. The standard InChI is InChI=1S/C12H19N3/c1-15-7-6-11(14)8-12(15)9-2-4-10(13)5-3-9/h2-5,11-12H,6-8,13-14H2,1H3. The van der Waals surface area contributed by atoms with Crippen LogP contribution in [0.2, 0.25) is 0 Å². The van der Waals surface area contributed by atoms with Crippen LogP contribution >= 0.6 is 0 Å². The number of benzene rings is 1. The molecule has 2 unspecified atom stereocenters. The molecule has 0 spiro atoms. The summed E-state index contributed by atoms with van der Waals surface area (Å²) in [7, 11) is 2.16. The van der Waals surface area contributed by atoms with Crippen molar-refractivity contribution in [3.63, 3.8) is 0 Å². The highest BCUT2D eigenvalue weighted by Gasteiger charge is 2.24. The van der Waals surface area contributed by atoms with E-state index < -0.39 is 0 Å². The Morgan fingerprint density at radius 2 is 1.93 bits per heavy atom. The summed E-state index contributed by atoms with van der Waals surface area (Å²) in [5, 5.41) is 0. The molecule has 2 atom stereocenters. The van der Waals surface area contributed by atoms with Crippen LogP contribution in [0, 0.1) is 0 Å². The number of hydrogen-bond donors (Lipinski definition) is 2. The fraction of sp³-hybridized carbons (Fsp3) is 0.500. The van der Waals surface area contributed by atoms with E-state index in [-0.39, 0.29) is 0 Å². The smallest absolute Gasteiger partial charge is 0.0359 e. The van der Waals surface area contributed by atoms with Crippen LogP contribution in [0.25, 0.3) is 0 Å². The van der Waals surface area contributed by atoms with Crippen molar-refractivity contribution in [1.29, 1.82) is 0 Å². The Kier molecular flexibility index (Phi) is 2.93. The van der Waals surface area contributed by atoms with Gasteiger partial charge < -0.3 is 11.5 Å². The molecular weight excluding hydrogens is 186 g/mol. The lowest BCUT2D eigenvalue weighted by Crippen LogP contribution is -2.39. The van der Waals surface area contributed by atoms with Gasteiger partial charge in [0.15, 0.2) is 0 Å². The van der Waals surface area contributed by atoms with Gasteiger partial charge in [0.1, 0.15) is 0 Å². The molecule has 3 heteroatoms. The first-order chi connectivity index (χ1) is 7.16. The predicted octanol–water partition coefficient (Wildman–Crippen LogP) is 1.36. The number of nitrogen functional groups attached to an aromatic ring is 1. The lowest BCUT2D eigenvalue weighted by molar-refractivity contribution is 0.171. The van der Waals surface area contributed by atoms with Crippen molar-refractivity contribution in [2.24, 2.45) is 5.73 Å². The van der Waals surface area contributed by atoms with E-state index in [1.807, 2.05) is 12.1 Å². The van der Waals surface area contributed by atoms with Crippen LogP contribution in [0.15, 0.2) is 24.3 Å². The molecule has 82 valence electrons. The second kappa shape index (κ2) is 4.21. The van der Waals surface area contributed by atoms with Gasteiger partial charge >= 0.3 is 0 Å². The fourth-order valence-electron chi connectivity index (χ4n) is 2.22. The van der Waals surface area contributed by atoms with Crippen LogP contribution in [0.5, 0.6) is 0 Å². The normalized spacial score (nSPS) is 27.9. The van der Waals surface area contributed by atoms with Gasteiger partial charge in [0.25, 0.3) is 0 Å². The van der Waals surface area contributed by atoms with Gasteiger partial charge in [-0.15, -0.1) is 0 Å². The van der Waals surface area contributed by atoms with Crippen LogP contribution < -0.4 is 11.5 Å². The van der Waals surface area contributed by atoms with Crippen molar-refractivity contribution in [2.45, 2.75) is 24.9 Å². The Labute approximate surface area is 91.1 Å². The summed E-state index contributed by atoms with van der Waals surface area (Å²) in [5.74, 6) is 0. The number of rotatable bonds is 1. The highest BCUT2D eigenvalue weighted by atomic mass is 15.1. The quantitative estimate of drug-likeness (QED) is 0.681. The van der Waals surface area contributed by atoms with Gasteiger partial charge in [0.2, 0.25) is 0 Å². The van der Waals surface area contributed by atoms with Crippen molar-refractivity contribution in [3.8, 4) is 0 Å². The first-order valence-electron chi connectivity index (χ1n) is 5.48. The van der Waals surface area contributed by atoms with Crippen LogP contribution in [0.1, 0.15) is 24.4 Å². The molecule has 1 aromatic carbocycles. The zero-order valence-corrected chi connectivity index (χ0v) is 9.19. The highest BCUT2D eigenvalue weighted by molar-refractivity contribution is 5.40. The summed E-state index contributed by atoms with van der Waals surface area (Å²) in [5.41, 5.74) is 13.8. The summed E-state index contributed by atoms with van der Waals surface area (Å²) in [4.78, 5) is 2.37. The zero-order valence-electron chi connectivity index (χ0n) is 9.19. The van der Waals surface area contributed by atoms with E-state index in [1.165, 1.54) is 5.56 Å². The molecule has 1 fully saturated rings. The van der Waals surface area contributed by atoms with Gasteiger partial charge in [0, 0.05) is 17.8 Å². The Bertz CT molecular complexity index is 320. The van der Waals surface area contributed by atoms with Crippen LogP contribution in [0.3, 0.4) is 0 Å².